The van der Waals surface area contributed by atoms with Crippen molar-refractivity contribution in [2.45, 2.75) is 19.4 Å². The fraction of sp³-hybridized carbons (Fsp3) is 0.267. The van der Waals surface area contributed by atoms with Crippen LogP contribution in [-0.4, -0.2) is 38.9 Å². The average molecular weight is 335 g/mol. The molecule has 3 rings (SSSR count). The van der Waals surface area contributed by atoms with Crippen molar-refractivity contribution in [3.63, 3.8) is 0 Å². The molecule has 0 bridgehead atoms. The van der Waals surface area contributed by atoms with Crippen LogP contribution in [0.2, 0.25) is 0 Å². The van der Waals surface area contributed by atoms with Crippen LogP contribution >= 0.6 is 24.0 Å². The summed E-state index contributed by atoms with van der Waals surface area (Å²) in [6.45, 7) is 1.61. The maximum Gasteiger partial charge on any atom is 0.323 e. The molecule has 2 aliphatic heterocycles. The summed E-state index contributed by atoms with van der Waals surface area (Å²) in [6.07, 6.45) is 2.75. The van der Waals surface area contributed by atoms with E-state index in [2.05, 4.69) is 0 Å². The van der Waals surface area contributed by atoms with Crippen molar-refractivity contribution in [2.75, 3.05) is 6.54 Å². The molecule has 7 heteroatoms. The third-order valence-corrected chi connectivity index (χ3v) is 4.76. The van der Waals surface area contributed by atoms with Crippen LogP contribution in [0.3, 0.4) is 0 Å². The molecule has 0 aromatic heterocycles. The van der Waals surface area contributed by atoms with Crippen molar-refractivity contribution in [2.24, 2.45) is 0 Å². The number of carbonyl (C=O) groups is 2. The molecule has 2 aliphatic rings. The van der Waals surface area contributed by atoms with Crippen molar-refractivity contribution in [1.29, 1.82) is 0 Å². The summed E-state index contributed by atoms with van der Waals surface area (Å²) in [6, 6.07) is 5.76. The van der Waals surface area contributed by atoms with E-state index in [0.29, 0.717) is 4.91 Å². The quantitative estimate of drug-likeness (QED) is 0.675. The summed E-state index contributed by atoms with van der Waals surface area (Å²) in [5.41, 5.74) is 1.99. The fourth-order valence-corrected chi connectivity index (χ4v) is 3.71. The Morgan fingerprint density at radius 2 is 2.36 bits per heavy atom. The molecule has 5 nitrogen and oxygen atoms in total. The van der Waals surface area contributed by atoms with E-state index in [1.807, 2.05) is 25.1 Å². The van der Waals surface area contributed by atoms with E-state index < -0.39 is 12.5 Å². The van der Waals surface area contributed by atoms with E-state index in [1.54, 1.807) is 6.08 Å². The van der Waals surface area contributed by atoms with Gasteiger partial charge in [0.1, 0.15) is 22.7 Å². The highest BCUT2D eigenvalue weighted by molar-refractivity contribution is 8.26. The summed E-state index contributed by atoms with van der Waals surface area (Å²) in [7, 11) is 0. The molecule has 0 aliphatic carbocycles. The molecule has 1 fully saturated rings. The highest BCUT2D eigenvalue weighted by atomic mass is 32.2. The number of nitrogens with zero attached hydrogens (tertiary/aromatic N) is 1. The smallest absolute Gasteiger partial charge is 0.323 e. The first-order chi connectivity index (χ1) is 10.4. The summed E-state index contributed by atoms with van der Waals surface area (Å²) >= 11 is 6.19. The number of rotatable bonds is 3. The van der Waals surface area contributed by atoms with Crippen molar-refractivity contribution < 1.29 is 19.4 Å². The molecule has 1 N–H and O–H groups in total. The van der Waals surface area contributed by atoms with Crippen LogP contribution in [0.1, 0.15) is 18.1 Å². The molecule has 0 saturated carbocycles. The second-order valence-electron chi connectivity index (χ2n) is 5.16. The minimum atomic E-state index is -1.08. The number of amides is 1. The highest BCUT2D eigenvalue weighted by Gasteiger charge is 2.33. The van der Waals surface area contributed by atoms with Gasteiger partial charge in [0.15, 0.2) is 0 Å². The number of benzene rings is 1. The predicted molar refractivity (Wildman–Crippen MR) is 87.8 cm³/mol. The van der Waals surface area contributed by atoms with Gasteiger partial charge in [0.05, 0.1) is 4.91 Å². The molecule has 1 atom stereocenters. The SMILES string of the molecule is C[C@H]1Cc2cc(/C=C3\SC(=S)N(CC(=O)O)C3=O)ccc2O1. The van der Waals surface area contributed by atoms with Gasteiger partial charge in [-0.1, -0.05) is 30.0 Å². The van der Waals surface area contributed by atoms with E-state index in [0.717, 1.165) is 40.0 Å². The Labute approximate surface area is 136 Å². The largest absolute Gasteiger partial charge is 0.490 e. The van der Waals surface area contributed by atoms with E-state index in [4.69, 9.17) is 22.1 Å². The minimum Gasteiger partial charge on any atom is -0.490 e. The van der Waals surface area contributed by atoms with Gasteiger partial charge in [0, 0.05) is 6.42 Å². The zero-order valence-electron chi connectivity index (χ0n) is 11.7. The van der Waals surface area contributed by atoms with Crippen LogP contribution in [-0.2, 0) is 16.0 Å². The van der Waals surface area contributed by atoms with Gasteiger partial charge in [0.25, 0.3) is 5.91 Å². The molecule has 114 valence electrons. The van der Waals surface area contributed by atoms with Crippen LogP contribution in [0.25, 0.3) is 6.08 Å². The first-order valence-corrected chi connectivity index (χ1v) is 7.93. The van der Waals surface area contributed by atoms with Gasteiger partial charge >= 0.3 is 5.97 Å². The summed E-state index contributed by atoms with van der Waals surface area (Å²) in [4.78, 5) is 24.5. The van der Waals surface area contributed by atoms with Crippen LogP contribution in [0.5, 0.6) is 5.75 Å². The molecule has 0 spiro atoms. The molecule has 1 amide bonds. The van der Waals surface area contributed by atoms with Crippen LogP contribution in [0.15, 0.2) is 23.1 Å². The maximum atomic E-state index is 12.2. The van der Waals surface area contributed by atoms with Crippen LogP contribution in [0.4, 0.5) is 0 Å². The zero-order chi connectivity index (χ0) is 15.9. The standard InChI is InChI=1S/C15H13NO4S2/c1-8-4-10-5-9(2-3-11(10)20-8)6-12-14(19)16(7-13(17)18)15(21)22-12/h2-3,5-6,8H,4,7H2,1H3,(H,17,18)/b12-6-/t8-/m0/s1. The number of carboxylic acid groups (broad SMARTS) is 1. The number of carbonyl (C=O) groups excluding carboxylic acids is 1. The molecule has 1 aromatic rings. The summed E-state index contributed by atoms with van der Waals surface area (Å²) in [5.74, 6) is -0.563. The van der Waals surface area contributed by atoms with E-state index in [9.17, 15) is 9.59 Å². The van der Waals surface area contributed by atoms with Gasteiger partial charge in [-0.3, -0.25) is 14.5 Å². The topological polar surface area (TPSA) is 66.8 Å². The second-order valence-corrected chi connectivity index (χ2v) is 6.84. The van der Waals surface area contributed by atoms with Crippen molar-refractivity contribution in [1.82, 2.24) is 4.90 Å². The Bertz CT molecular complexity index is 713. The van der Waals surface area contributed by atoms with Crippen LogP contribution < -0.4 is 4.74 Å². The highest BCUT2D eigenvalue weighted by Crippen LogP contribution is 2.34. The lowest BCUT2D eigenvalue weighted by atomic mass is 10.1. The summed E-state index contributed by atoms with van der Waals surface area (Å²) in [5, 5.41) is 8.82. The van der Waals surface area contributed by atoms with Gasteiger partial charge in [-0.25, -0.2) is 0 Å². The normalized spacial score (nSPS) is 22.1. The minimum absolute atomic E-state index is 0.166. The maximum absolute atomic E-state index is 12.2. The Hall–Kier alpha value is -1.86. The number of aliphatic carboxylic acids is 1. The van der Waals surface area contributed by atoms with Gasteiger partial charge in [-0.15, -0.1) is 0 Å². The molecule has 0 unspecified atom stereocenters. The lowest BCUT2D eigenvalue weighted by Gasteiger charge is -2.10. The number of hydrogen-bond acceptors (Lipinski definition) is 5. The van der Waals surface area contributed by atoms with Gasteiger partial charge in [0.2, 0.25) is 0 Å². The predicted octanol–water partition coefficient (Wildman–Crippen LogP) is 2.30. The third kappa shape index (κ3) is 2.86. The Morgan fingerprint density at radius 1 is 1.59 bits per heavy atom. The number of fused-ring (bicyclic) bond motifs is 1. The summed E-state index contributed by atoms with van der Waals surface area (Å²) < 4.78 is 5.92. The molecule has 0 radical (unpaired) electrons. The lowest BCUT2D eigenvalue weighted by molar-refractivity contribution is -0.140. The van der Waals surface area contributed by atoms with Crippen molar-refractivity contribution >= 4 is 46.3 Å². The van der Waals surface area contributed by atoms with Gasteiger partial charge < -0.3 is 9.84 Å². The van der Waals surface area contributed by atoms with Crippen LogP contribution in [0, 0.1) is 0 Å². The molecule has 22 heavy (non-hydrogen) atoms. The zero-order valence-corrected chi connectivity index (χ0v) is 13.4. The third-order valence-electron chi connectivity index (χ3n) is 3.38. The average Bonchev–Trinajstić information content (AvgIpc) is 2.92. The number of thiocarbonyl (C=S) groups is 1. The Balaban J connectivity index is 1.84. The Morgan fingerprint density at radius 3 is 3.09 bits per heavy atom. The molecule has 1 aromatic carbocycles. The van der Waals surface area contributed by atoms with E-state index in [1.165, 1.54) is 0 Å². The second kappa shape index (κ2) is 5.73. The molecular weight excluding hydrogens is 322 g/mol. The number of carboxylic acids is 1. The fourth-order valence-electron chi connectivity index (χ4n) is 2.45. The number of thioether (sulfide) groups is 1. The van der Waals surface area contributed by atoms with Gasteiger partial charge in [-0.2, -0.15) is 0 Å². The first-order valence-electron chi connectivity index (χ1n) is 6.71. The Kier molecular flexibility index (Phi) is 3.92. The molecule has 2 heterocycles. The number of ether oxygens (including phenoxy) is 1. The first kappa shape index (κ1) is 15.1. The molecular formula is C15H13NO4S2. The number of hydrogen-bond donors (Lipinski definition) is 1. The van der Waals surface area contributed by atoms with Crippen molar-refractivity contribution in [3.8, 4) is 5.75 Å². The van der Waals surface area contributed by atoms with Gasteiger partial charge in [-0.05, 0) is 36.3 Å². The lowest BCUT2D eigenvalue weighted by Crippen LogP contribution is -2.33. The van der Waals surface area contributed by atoms with E-state index >= 15 is 0 Å². The monoisotopic (exact) mass is 335 g/mol. The van der Waals surface area contributed by atoms with Crippen molar-refractivity contribution in [3.05, 3.63) is 34.2 Å². The molecule has 1 saturated heterocycles. The van der Waals surface area contributed by atoms with E-state index in [-0.39, 0.29) is 16.3 Å².